The van der Waals surface area contributed by atoms with Crippen molar-refractivity contribution in [3.8, 4) is 0 Å². The molecule has 2 atom stereocenters. The van der Waals surface area contributed by atoms with Crippen LogP contribution in [0.2, 0.25) is 0 Å². The predicted octanol–water partition coefficient (Wildman–Crippen LogP) is 3.73. The second-order valence-electron chi connectivity index (χ2n) is 7.74. The predicted molar refractivity (Wildman–Crippen MR) is 89.4 cm³/mol. The van der Waals surface area contributed by atoms with E-state index in [-0.39, 0.29) is 24.2 Å². The number of carbonyl (C=O) groups excluding carboxylic acids is 1. The van der Waals surface area contributed by atoms with Crippen molar-refractivity contribution < 1.29 is 10.9 Å². The van der Waals surface area contributed by atoms with Crippen LogP contribution in [0.25, 0.3) is 0 Å². The van der Waals surface area contributed by atoms with Gasteiger partial charge in [0.15, 0.2) is 0 Å². The van der Waals surface area contributed by atoms with Gasteiger partial charge < -0.3 is 4.74 Å². The second-order valence-corrected chi connectivity index (χ2v) is 7.74. The molecule has 122 valence electrons. The Hall–Kier alpha value is -1.35. The molecule has 22 heavy (non-hydrogen) atoms. The van der Waals surface area contributed by atoms with E-state index in [1.54, 1.807) is 0 Å². The van der Waals surface area contributed by atoms with E-state index in [0.717, 1.165) is 19.5 Å². The van der Waals surface area contributed by atoms with E-state index in [0.29, 0.717) is 6.54 Å². The zero-order valence-electron chi connectivity index (χ0n) is 15.3. The number of methoxy groups -OCH3 is 1. The fourth-order valence-electron chi connectivity index (χ4n) is 3.69. The van der Waals surface area contributed by atoms with Gasteiger partial charge in [-0.1, -0.05) is 58.0 Å². The molecular weight excluding hydrogens is 274 g/mol. The Morgan fingerprint density at radius 2 is 2.09 bits per heavy atom. The molecule has 0 radical (unpaired) electrons. The van der Waals surface area contributed by atoms with Gasteiger partial charge in [-0.3, -0.25) is 9.69 Å². The summed E-state index contributed by atoms with van der Waals surface area (Å²) in [7, 11) is 1.47. The van der Waals surface area contributed by atoms with Crippen LogP contribution in [0.15, 0.2) is 30.3 Å². The summed E-state index contributed by atoms with van der Waals surface area (Å²) in [6.45, 7) is 8.99. The lowest BCUT2D eigenvalue weighted by Gasteiger charge is -2.36. The first-order valence-corrected chi connectivity index (χ1v) is 7.95. The Morgan fingerprint density at radius 1 is 1.41 bits per heavy atom. The van der Waals surface area contributed by atoms with Crippen LogP contribution in [-0.2, 0) is 16.1 Å². The summed E-state index contributed by atoms with van der Waals surface area (Å²) in [4.78, 5) is 15.0. The standard InChI is InChI=1S/C19H29NO2/c1-15-11-20(12-16-9-7-6-8-10-16)14-19(15,17(21)22-5)13-18(2,3)4/h6-10,15H,11-14H2,1-5H3/t15-,19+/m1/s1/i1D. The van der Waals surface area contributed by atoms with Crippen molar-refractivity contribution in [1.82, 2.24) is 4.90 Å². The van der Waals surface area contributed by atoms with Crippen molar-refractivity contribution in [2.24, 2.45) is 16.7 Å². The van der Waals surface area contributed by atoms with Gasteiger partial charge in [0.1, 0.15) is 0 Å². The zero-order chi connectivity index (χ0) is 17.1. The van der Waals surface area contributed by atoms with E-state index in [1.165, 1.54) is 12.7 Å². The van der Waals surface area contributed by atoms with Crippen LogP contribution in [0.1, 0.15) is 41.0 Å². The van der Waals surface area contributed by atoms with Gasteiger partial charge in [-0.15, -0.1) is 0 Å². The largest absolute Gasteiger partial charge is 0.469 e. The number of likely N-dealkylation sites (tertiary alicyclic amines) is 1. The van der Waals surface area contributed by atoms with Crippen molar-refractivity contribution in [2.45, 2.75) is 40.6 Å². The van der Waals surface area contributed by atoms with E-state index in [1.807, 2.05) is 18.2 Å². The molecule has 0 bridgehead atoms. The van der Waals surface area contributed by atoms with E-state index >= 15 is 0 Å². The van der Waals surface area contributed by atoms with Crippen molar-refractivity contribution in [3.05, 3.63) is 35.9 Å². The van der Waals surface area contributed by atoms with E-state index in [9.17, 15) is 4.79 Å². The third-order valence-electron chi connectivity index (χ3n) is 4.45. The van der Waals surface area contributed by atoms with Crippen LogP contribution in [0.3, 0.4) is 0 Å². The molecule has 3 heteroatoms. The minimum Gasteiger partial charge on any atom is -0.469 e. The number of esters is 1. The monoisotopic (exact) mass is 304 g/mol. The summed E-state index contributed by atoms with van der Waals surface area (Å²) < 4.78 is 13.1. The van der Waals surface area contributed by atoms with Gasteiger partial charge in [-0.2, -0.15) is 0 Å². The quantitative estimate of drug-likeness (QED) is 0.794. The van der Waals surface area contributed by atoms with Gasteiger partial charge in [-0.25, -0.2) is 0 Å². The Labute approximate surface area is 136 Å². The molecule has 0 saturated carbocycles. The summed E-state index contributed by atoms with van der Waals surface area (Å²) in [5.74, 6) is -0.127. The number of hydrogen-bond donors (Lipinski definition) is 0. The van der Waals surface area contributed by atoms with E-state index in [2.05, 4.69) is 37.8 Å². The second kappa shape index (κ2) is 6.41. The molecule has 1 saturated heterocycles. The highest BCUT2D eigenvalue weighted by Gasteiger charge is 2.52. The van der Waals surface area contributed by atoms with Gasteiger partial charge in [0.05, 0.1) is 12.5 Å². The SMILES string of the molecule is [2H]C[C@@H]1CN(Cc2ccccc2)C[C@]1(CC(C)(C)C)C(=O)OC. The highest BCUT2D eigenvalue weighted by molar-refractivity contribution is 5.78. The maximum atomic E-state index is 12.6. The van der Waals surface area contributed by atoms with Crippen molar-refractivity contribution in [3.63, 3.8) is 0 Å². The first-order chi connectivity index (χ1) is 10.8. The maximum absolute atomic E-state index is 12.6. The lowest BCUT2D eigenvalue weighted by atomic mass is 9.68. The topological polar surface area (TPSA) is 29.5 Å². The summed E-state index contributed by atoms with van der Waals surface area (Å²) >= 11 is 0. The van der Waals surface area contributed by atoms with Crippen LogP contribution in [0.4, 0.5) is 0 Å². The van der Waals surface area contributed by atoms with Gasteiger partial charge in [-0.05, 0) is 23.3 Å². The molecule has 0 unspecified atom stereocenters. The fraction of sp³-hybridized carbons (Fsp3) is 0.632. The summed E-state index contributed by atoms with van der Waals surface area (Å²) in [5.41, 5.74) is 0.695. The summed E-state index contributed by atoms with van der Waals surface area (Å²) in [6, 6.07) is 10.3. The molecule has 1 fully saturated rings. The van der Waals surface area contributed by atoms with E-state index in [4.69, 9.17) is 6.11 Å². The molecule has 0 aliphatic carbocycles. The van der Waals surface area contributed by atoms with Crippen LogP contribution < -0.4 is 0 Å². The Balaban J connectivity index is 2.24. The van der Waals surface area contributed by atoms with Gasteiger partial charge in [0.2, 0.25) is 0 Å². The minimum absolute atomic E-state index is 0.0182. The van der Waals surface area contributed by atoms with Crippen LogP contribution in [-0.4, -0.2) is 31.1 Å². The number of hydrogen-bond acceptors (Lipinski definition) is 3. The smallest absolute Gasteiger partial charge is 0.313 e. The molecule has 1 heterocycles. The zero-order valence-corrected chi connectivity index (χ0v) is 14.3. The summed E-state index contributed by atoms with van der Waals surface area (Å²) in [6.07, 6.45) is 0.751. The lowest BCUT2D eigenvalue weighted by Crippen LogP contribution is -2.42. The lowest BCUT2D eigenvalue weighted by molar-refractivity contribution is -0.156. The van der Waals surface area contributed by atoms with Gasteiger partial charge >= 0.3 is 5.97 Å². The van der Waals surface area contributed by atoms with Crippen LogP contribution in [0.5, 0.6) is 0 Å². The number of rotatable bonds is 4. The Morgan fingerprint density at radius 3 is 2.64 bits per heavy atom. The maximum Gasteiger partial charge on any atom is 0.313 e. The average molecular weight is 304 g/mol. The Kier molecular flexibility index (Phi) is 4.53. The average Bonchev–Trinajstić information content (AvgIpc) is 2.83. The molecule has 2 rings (SSSR count). The molecule has 0 aromatic heterocycles. The van der Waals surface area contributed by atoms with Gasteiger partial charge in [0.25, 0.3) is 0 Å². The molecule has 0 amide bonds. The Bertz CT molecular complexity index is 526. The van der Waals surface area contributed by atoms with E-state index < -0.39 is 5.41 Å². The molecule has 1 aliphatic heterocycles. The molecule has 0 spiro atoms. The molecule has 0 N–H and O–H groups in total. The summed E-state index contributed by atoms with van der Waals surface area (Å²) in [5, 5.41) is 0. The highest BCUT2D eigenvalue weighted by Crippen LogP contribution is 2.45. The van der Waals surface area contributed by atoms with Crippen molar-refractivity contribution in [2.75, 3.05) is 20.2 Å². The molecule has 1 aromatic carbocycles. The number of ether oxygens (including phenoxy) is 1. The fourth-order valence-corrected chi connectivity index (χ4v) is 3.69. The first kappa shape index (κ1) is 15.5. The first-order valence-electron chi connectivity index (χ1n) is 8.65. The third kappa shape index (κ3) is 3.70. The molecular formula is C19H29NO2. The van der Waals surface area contributed by atoms with Crippen molar-refractivity contribution in [1.29, 1.82) is 0 Å². The number of carbonyl (C=O) groups is 1. The molecule has 1 aliphatic rings. The van der Waals surface area contributed by atoms with Gasteiger partial charge in [0, 0.05) is 21.0 Å². The van der Waals surface area contributed by atoms with Crippen LogP contribution >= 0.6 is 0 Å². The molecule has 3 nitrogen and oxygen atoms in total. The normalized spacial score (nSPS) is 26.7. The van der Waals surface area contributed by atoms with Crippen molar-refractivity contribution >= 4 is 5.97 Å². The number of benzene rings is 1. The highest BCUT2D eigenvalue weighted by atomic mass is 16.5. The third-order valence-corrected chi connectivity index (χ3v) is 4.45. The number of nitrogens with zero attached hydrogens (tertiary/aromatic N) is 1. The molecule has 1 aromatic rings. The van der Waals surface area contributed by atoms with Crippen LogP contribution in [0, 0.1) is 16.7 Å². The minimum atomic E-state index is -0.566.